The zero-order valence-corrected chi connectivity index (χ0v) is 18.2. The van der Waals surface area contributed by atoms with Crippen molar-refractivity contribution >= 4 is 15.9 Å². The number of nitrogens with zero attached hydrogens (tertiary/aromatic N) is 2. The van der Waals surface area contributed by atoms with Crippen LogP contribution in [0.5, 0.6) is 0 Å². The third-order valence-electron chi connectivity index (χ3n) is 6.63. The van der Waals surface area contributed by atoms with Crippen LogP contribution in [0.15, 0.2) is 29.2 Å². The van der Waals surface area contributed by atoms with Crippen molar-refractivity contribution in [2.75, 3.05) is 19.6 Å². The van der Waals surface area contributed by atoms with Crippen LogP contribution in [0.4, 0.5) is 0 Å². The van der Waals surface area contributed by atoms with E-state index in [1.165, 1.54) is 30.0 Å². The quantitative estimate of drug-likeness (QED) is 0.753. The second kappa shape index (κ2) is 8.36. The Morgan fingerprint density at radius 3 is 2.28 bits per heavy atom. The molecule has 1 aromatic carbocycles. The van der Waals surface area contributed by atoms with Crippen LogP contribution in [0.1, 0.15) is 62.7 Å². The van der Waals surface area contributed by atoms with Gasteiger partial charge < -0.3 is 9.64 Å². The van der Waals surface area contributed by atoms with Gasteiger partial charge in [-0.2, -0.15) is 4.31 Å². The SMILES string of the molecule is C[C@@H]1CN(S(=O)(=O)c2ccc(C(=O)N3CCC[C@@H]4CCCC[C@@H]43)cc2)C[C@@H](C)O1. The van der Waals surface area contributed by atoms with Crippen LogP contribution in [0.2, 0.25) is 0 Å². The number of ether oxygens (including phenoxy) is 1. The minimum absolute atomic E-state index is 0.0409. The number of fused-ring (bicyclic) bond motifs is 1. The summed E-state index contributed by atoms with van der Waals surface area (Å²) >= 11 is 0. The molecule has 29 heavy (non-hydrogen) atoms. The van der Waals surface area contributed by atoms with Crippen molar-refractivity contribution in [2.24, 2.45) is 5.92 Å². The fourth-order valence-electron chi connectivity index (χ4n) is 5.29. The molecule has 0 N–H and O–H groups in total. The van der Waals surface area contributed by atoms with E-state index in [9.17, 15) is 13.2 Å². The zero-order valence-electron chi connectivity index (χ0n) is 17.4. The maximum Gasteiger partial charge on any atom is 0.254 e. The predicted molar refractivity (Wildman–Crippen MR) is 111 cm³/mol. The van der Waals surface area contributed by atoms with Gasteiger partial charge in [-0.25, -0.2) is 8.42 Å². The molecule has 1 aromatic rings. The summed E-state index contributed by atoms with van der Waals surface area (Å²) in [6, 6.07) is 6.86. The number of sulfonamides is 1. The highest BCUT2D eigenvalue weighted by Crippen LogP contribution is 2.36. The van der Waals surface area contributed by atoms with Gasteiger partial charge in [0.2, 0.25) is 10.0 Å². The molecule has 6 nitrogen and oxygen atoms in total. The van der Waals surface area contributed by atoms with E-state index in [0.717, 1.165) is 19.4 Å². The summed E-state index contributed by atoms with van der Waals surface area (Å²) in [5, 5.41) is 0. The van der Waals surface area contributed by atoms with E-state index in [2.05, 4.69) is 0 Å². The van der Waals surface area contributed by atoms with Crippen molar-refractivity contribution in [3.63, 3.8) is 0 Å². The molecule has 1 aliphatic carbocycles. The van der Waals surface area contributed by atoms with Crippen LogP contribution < -0.4 is 0 Å². The Kier molecular flexibility index (Phi) is 6.00. The molecule has 2 saturated heterocycles. The molecule has 0 radical (unpaired) electrons. The number of carbonyl (C=O) groups excluding carboxylic acids is 1. The number of rotatable bonds is 3. The van der Waals surface area contributed by atoms with Crippen molar-refractivity contribution in [3.05, 3.63) is 29.8 Å². The van der Waals surface area contributed by atoms with Crippen LogP contribution in [-0.2, 0) is 14.8 Å². The number of carbonyl (C=O) groups is 1. The summed E-state index contributed by atoms with van der Waals surface area (Å²) in [4.78, 5) is 15.4. The number of likely N-dealkylation sites (tertiary alicyclic amines) is 1. The Bertz CT molecular complexity index is 827. The Balaban J connectivity index is 1.50. The van der Waals surface area contributed by atoms with Crippen LogP contribution in [-0.4, -0.2) is 61.4 Å². The van der Waals surface area contributed by atoms with E-state index in [0.29, 0.717) is 30.6 Å². The van der Waals surface area contributed by atoms with Crippen LogP contribution in [0.3, 0.4) is 0 Å². The number of hydrogen-bond acceptors (Lipinski definition) is 4. The molecule has 1 amide bonds. The molecule has 1 saturated carbocycles. The third kappa shape index (κ3) is 4.23. The van der Waals surface area contributed by atoms with Crippen molar-refractivity contribution in [2.45, 2.75) is 75.5 Å². The predicted octanol–water partition coefficient (Wildman–Crippen LogP) is 3.28. The molecule has 7 heteroatoms. The second-order valence-corrected chi connectivity index (χ2v) is 10.8. The summed E-state index contributed by atoms with van der Waals surface area (Å²) in [7, 11) is -3.59. The molecule has 3 aliphatic rings. The van der Waals surface area contributed by atoms with Gasteiger partial charge in [-0.3, -0.25) is 4.79 Å². The lowest BCUT2D eigenvalue weighted by Gasteiger charge is -2.44. The van der Waals surface area contributed by atoms with E-state index < -0.39 is 10.0 Å². The highest BCUT2D eigenvalue weighted by molar-refractivity contribution is 7.89. The number of piperidine rings is 1. The minimum atomic E-state index is -3.59. The lowest BCUT2D eigenvalue weighted by molar-refractivity contribution is -0.0440. The monoisotopic (exact) mass is 420 g/mol. The van der Waals surface area contributed by atoms with Crippen LogP contribution in [0.25, 0.3) is 0 Å². The first-order chi connectivity index (χ1) is 13.9. The summed E-state index contributed by atoms with van der Waals surface area (Å²) < 4.78 is 33.2. The summed E-state index contributed by atoms with van der Waals surface area (Å²) in [5.74, 6) is 0.672. The first kappa shape index (κ1) is 20.8. The molecule has 4 atom stereocenters. The molecule has 4 rings (SSSR count). The van der Waals surface area contributed by atoms with E-state index >= 15 is 0 Å². The lowest BCUT2D eigenvalue weighted by atomic mass is 9.78. The molecule has 0 aromatic heterocycles. The largest absolute Gasteiger partial charge is 0.373 e. The highest BCUT2D eigenvalue weighted by Gasteiger charge is 2.36. The van der Waals surface area contributed by atoms with E-state index in [-0.39, 0.29) is 23.0 Å². The van der Waals surface area contributed by atoms with Crippen molar-refractivity contribution < 1.29 is 17.9 Å². The maximum atomic E-state index is 13.2. The molecule has 0 spiro atoms. The number of hydrogen-bond donors (Lipinski definition) is 0. The fraction of sp³-hybridized carbons (Fsp3) is 0.682. The van der Waals surface area contributed by atoms with Gasteiger partial charge in [0.1, 0.15) is 0 Å². The fourth-order valence-corrected chi connectivity index (χ4v) is 6.88. The van der Waals surface area contributed by atoms with E-state index in [4.69, 9.17) is 4.74 Å². The molecule has 0 bridgehead atoms. The molecule has 160 valence electrons. The minimum Gasteiger partial charge on any atom is -0.373 e. The van der Waals surface area contributed by atoms with Crippen LogP contribution in [0, 0.1) is 5.92 Å². The van der Waals surface area contributed by atoms with Gasteiger partial charge in [0.25, 0.3) is 5.91 Å². The van der Waals surface area contributed by atoms with Crippen molar-refractivity contribution in [1.82, 2.24) is 9.21 Å². The number of benzene rings is 1. The Hall–Kier alpha value is -1.44. The molecule has 3 fully saturated rings. The van der Waals surface area contributed by atoms with E-state index in [1.807, 2.05) is 18.7 Å². The highest BCUT2D eigenvalue weighted by atomic mass is 32.2. The average Bonchev–Trinajstić information content (AvgIpc) is 2.72. The Labute approximate surface area is 174 Å². The van der Waals surface area contributed by atoms with Gasteiger partial charge in [-0.1, -0.05) is 12.8 Å². The summed E-state index contributed by atoms with van der Waals surface area (Å²) in [5.41, 5.74) is 0.582. The standard InChI is InChI=1S/C22H32N2O4S/c1-16-14-23(15-17(2)28-16)29(26,27)20-11-9-19(10-12-20)22(25)24-13-5-7-18-6-3-4-8-21(18)24/h9-12,16-18,21H,3-8,13-15H2,1-2H3/t16-,17-,18+,21+/m1/s1. The van der Waals surface area contributed by atoms with Gasteiger partial charge in [0, 0.05) is 31.2 Å². The van der Waals surface area contributed by atoms with Crippen molar-refractivity contribution in [3.8, 4) is 0 Å². The molecular weight excluding hydrogens is 388 g/mol. The summed E-state index contributed by atoms with van der Waals surface area (Å²) in [6.07, 6.45) is 6.81. The van der Waals surface area contributed by atoms with Gasteiger partial charge >= 0.3 is 0 Å². The third-order valence-corrected chi connectivity index (χ3v) is 8.48. The first-order valence-corrected chi connectivity index (χ1v) is 12.4. The molecule has 0 unspecified atom stereocenters. The average molecular weight is 421 g/mol. The van der Waals surface area contributed by atoms with Gasteiger partial charge in [-0.15, -0.1) is 0 Å². The summed E-state index contributed by atoms with van der Waals surface area (Å²) in [6.45, 7) is 5.28. The van der Waals surface area contributed by atoms with Crippen molar-refractivity contribution in [1.29, 1.82) is 0 Å². The topological polar surface area (TPSA) is 66.9 Å². The number of morpholine rings is 1. The molecule has 2 aliphatic heterocycles. The van der Waals surface area contributed by atoms with E-state index in [1.54, 1.807) is 24.3 Å². The Morgan fingerprint density at radius 2 is 1.59 bits per heavy atom. The zero-order chi connectivity index (χ0) is 20.6. The van der Waals surface area contributed by atoms with Crippen LogP contribution >= 0.6 is 0 Å². The molecular formula is C22H32N2O4S. The van der Waals surface area contributed by atoms with Gasteiger partial charge in [-0.05, 0) is 69.7 Å². The normalized spacial score (nSPS) is 31.3. The number of amides is 1. The van der Waals surface area contributed by atoms with Gasteiger partial charge in [0.05, 0.1) is 17.1 Å². The maximum absolute atomic E-state index is 13.2. The molecule has 2 heterocycles. The second-order valence-electron chi connectivity index (χ2n) is 8.86. The van der Waals surface area contributed by atoms with Gasteiger partial charge in [0.15, 0.2) is 0 Å². The lowest BCUT2D eigenvalue weighted by Crippen LogP contribution is -2.49. The smallest absolute Gasteiger partial charge is 0.254 e. The first-order valence-electron chi connectivity index (χ1n) is 10.9. The Morgan fingerprint density at radius 1 is 0.966 bits per heavy atom.